The average molecular weight is 723 g/mol. The molecule has 3 heterocycles. The Morgan fingerprint density at radius 2 is 0.804 bits per heavy atom. The Labute approximate surface area is 303 Å². The Hall–Kier alpha value is -4.44. The first kappa shape index (κ1) is 30.2. The Bertz CT molecular complexity index is 2680. The zero-order chi connectivity index (χ0) is 34.2. The zero-order valence-corrected chi connectivity index (χ0v) is 30.0. The lowest BCUT2D eigenvalue weighted by atomic mass is 9.61. The van der Waals surface area contributed by atoms with Gasteiger partial charge in [-0.05, 0) is 60.1 Å². The number of hydrogen-bond acceptors (Lipinski definition) is 9. The van der Waals surface area contributed by atoms with Gasteiger partial charge in [-0.2, -0.15) is 0 Å². The molecule has 7 aromatic rings. The lowest BCUT2D eigenvalue weighted by Gasteiger charge is -2.41. The molecule has 0 bridgehead atoms. The van der Waals surface area contributed by atoms with Crippen LogP contribution < -0.4 is 32.4 Å². The highest BCUT2D eigenvalue weighted by atomic mass is 32.1. The molecule has 51 heavy (non-hydrogen) atoms. The van der Waals surface area contributed by atoms with Crippen molar-refractivity contribution in [2.75, 3.05) is 0 Å². The summed E-state index contributed by atoms with van der Waals surface area (Å²) >= 11 is 5.12. The van der Waals surface area contributed by atoms with Crippen LogP contribution in [0.2, 0.25) is 0 Å². The van der Waals surface area contributed by atoms with E-state index in [1.165, 1.54) is 54.6 Å². The summed E-state index contributed by atoms with van der Waals surface area (Å²) in [6.07, 6.45) is 11.4. The summed E-state index contributed by atoms with van der Waals surface area (Å²) < 4.78 is 0. The maximum Gasteiger partial charge on any atom is 0.216 e. The van der Waals surface area contributed by atoms with E-state index in [1.807, 2.05) is 11.3 Å². The number of benzene rings is 2. The number of hydrogen-bond donors (Lipinski definition) is 0. The van der Waals surface area contributed by atoms with Gasteiger partial charge in [0.1, 0.15) is 10.0 Å². The molecule has 9 heteroatoms. The quantitative estimate of drug-likeness (QED) is 0.180. The van der Waals surface area contributed by atoms with Crippen molar-refractivity contribution in [3.8, 4) is 19.5 Å². The Morgan fingerprint density at radius 3 is 1.16 bits per heavy atom. The molecule has 3 aromatic heterocycles. The molecule has 0 N–H and O–H groups in total. The lowest BCUT2D eigenvalue weighted by Crippen LogP contribution is -2.34. The predicted molar refractivity (Wildman–Crippen MR) is 207 cm³/mol. The van der Waals surface area contributed by atoms with E-state index in [0.717, 1.165) is 61.4 Å². The van der Waals surface area contributed by atoms with Crippen molar-refractivity contribution in [2.24, 2.45) is 9.98 Å². The minimum atomic E-state index is -0.291. The van der Waals surface area contributed by atoms with E-state index >= 15 is 0 Å². The van der Waals surface area contributed by atoms with Crippen LogP contribution in [0.5, 0.6) is 0 Å². The number of nitrogens with zero attached hydrogens (tertiary/aromatic N) is 2. The number of fused-ring (bicyclic) bond motifs is 13. The topological polar surface area (TPSA) is 93.0 Å². The fourth-order valence-corrected chi connectivity index (χ4v) is 14.2. The second-order valence-corrected chi connectivity index (χ2v) is 17.9. The molecule has 4 aliphatic rings. The minimum absolute atomic E-state index is 0.0172. The molecule has 2 saturated carbocycles. The molecule has 4 aliphatic carbocycles. The number of rotatable bonds is 2. The van der Waals surface area contributed by atoms with E-state index in [0.29, 0.717) is 21.5 Å². The average Bonchev–Trinajstić information content (AvgIpc) is 4.01. The van der Waals surface area contributed by atoms with Crippen molar-refractivity contribution >= 4 is 65.6 Å². The van der Waals surface area contributed by atoms with Crippen LogP contribution in [0.1, 0.15) is 86.5 Å². The van der Waals surface area contributed by atoms with E-state index in [1.54, 1.807) is 71.2 Å². The Morgan fingerprint density at radius 1 is 0.451 bits per heavy atom. The third-order valence-electron chi connectivity index (χ3n) is 12.3. The highest BCUT2D eigenvalue weighted by molar-refractivity contribution is 7.29. The van der Waals surface area contributed by atoms with Crippen molar-refractivity contribution in [1.82, 2.24) is 0 Å². The van der Waals surface area contributed by atoms with Gasteiger partial charge in [0.05, 0.1) is 9.75 Å². The van der Waals surface area contributed by atoms with Gasteiger partial charge in [0.25, 0.3) is 0 Å². The van der Waals surface area contributed by atoms with Gasteiger partial charge in [0, 0.05) is 42.1 Å². The summed E-state index contributed by atoms with van der Waals surface area (Å²) in [5.74, 6) is 0. The standard InChI is InChI=1S/C42H30N2O4S3/c45-33-21-11-3-4-12-22(21)34(46)31(33)43-27-19-25-37(49-27)39-29(41(25)15-7-1-8-16-41)30-40(51-39)38-26(42(30)17-9-2-10-18-42)20-28(50-38)44-32-35(47)23-13-5-6-14-24(23)36(32)48/h3-6,11-14,19-20H,1-2,7-10,15-18H2. The fourth-order valence-electron chi connectivity index (χ4n) is 10.1. The lowest BCUT2D eigenvalue weighted by molar-refractivity contribution is 0.326. The van der Waals surface area contributed by atoms with E-state index in [-0.39, 0.29) is 43.3 Å². The van der Waals surface area contributed by atoms with E-state index in [2.05, 4.69) is 12.1 Å². The van der Waals surface area contributed by atoms with Crippen LogP contribution in [-0.4, -0.2) is 0 Å². The molecule has 2 spiro atoms. The van der Waals surface area contributed by atoms with Gasteiger partial charge < -0.3 is 0 Å². The third-order valence-corrected chi connectivity index (χ3v) is 15.9. The SMILES string of the molecule is O=c1c(=Nc2cc3c(s2)-c2sc4c(c2C32CCCCC2)C2(CCCCC2)c2cc(N=c3c(=O)c5ccccc5c3=O)sc2-4)c(=O)c2ccccc12. The van der Waals surface area contributed by atoms with Gasteiger partial charge in [0.2, 0.25) is 21.7 Å². The molecule has 4 aromatic carbocycles. The highest BCUT2D eigenvalue weighted by Gasteiger charge is 2.56. The molecule has 6 nitrogen and oxygen atoms in total. The monoisotopic (exact) mass is 722 g/mol. The van der Waals surface area contributed by atoms with E-state index in [9.17, 15) is 19.2 Å². The maximum absolute atomic E-state index is 13.3. The molecule has 0 aliphatic heterocycles. The summed E-state index contributed by atoms with van der Waals surface area (Å²) in [6, 6.07) is 18.4. The fraction of sp³-hybridized carbons (Fsp3) is 0.286. The summed E-state index contributed by atoms with van der Waals surface area (Å²) in [6.45, 7) is 0. The first-order valence-corrected chi connectivity index (χ1v) is 20.4. The van der Waals surface area contributed by atoms with Gasteiger partial charge in [-0.1, -0.05) is 87.1 Å². The van der Waals surface area contributed by atoms with Crippen LogP contribution in [0, 0.1) is 0 Å². The third kappa shape index (κ3) is 3.86. The molecule has 0 amide bonds. The van der Waals surface area contributed by atoms with Gasteiger partial charge >= 0.3 is 0 Å². The predicted octanol–water partition coefficient (Wildman–Crippen LogP) is 8.30. The number of thiophene rings is 3. The molecule has 0 saturated heterocycles. The molecule has 0 unspecified atom stereocenters. The zero-order valence-electron chi connectivity index (χ0n) is 27.6. The van der Waals surface area contributed by atoms with Gasteiger partial charge in [0.15, 0.2) is 10.7 Å². The van der Waals surface area contributed by atoms with Crippen LogP contribution in [-0.2, 0) is 10.8 Å². The summed E-state index contributed by atoms with van der Waals surface area (Å²) in [7, 11) is 0. The van der Waals surface area contributed by atoms with Crippen molar-refractivity contribution in [3.05, 3.63) is 135 Å². The second-order valence-electron chi connectivity index (χ2n) is 14.8. The first-order valence-electron chi connectivity index (χ1n) is 17.9. The Kier molecular flexibility index (Phi) is 6.25. The highest BCUT2D eigenvalue weighted by Crippen LogP contribution is 2.71. The van der Waals surface area contributed by atoms with Crippen LogP contribution in [0.4, 0.5) is 10.0 Å². The van der Waals surface area contributed by atoms with Crippen molar-refractivity contribution < 1.29 is 0 Å². The van der Waals surface area contributed by atoms with Crippen molar-refractivity contribution in [1.29, 1.82) is 0 Å². The van der Waals surface area contributed by atoms with Crippen molar-refractivity contribution in [2.45, 2.75) is 75.0 Å². The van der Waals surface area contributed by atoms with Crippen molar-refractivity contribution in [3.63, 3.8) is 0 Å². The molecule has 250 valence electrons. The second kappa shape index (κ2) is 10.6. The summed E-state index contributed by atoms with van der Waals surface area (Å²) in [4.78, 5) is 67.8. The molecule has 0 atom stereocenters. The van der Waals surface area contributed by atoms with E-state index in [4.69, 9.17) is 9.98 Å². The van der Waals surface area contributed by atoms with E-state index < -0.39 is 0 Å². The Balaban J connectivity index is 1.13. The molecular weight excluding hydrogens is 693 g/mol. The molecule has 11 rings (SSSR count). The van der Waals surface area contributed by atoms with Gasteiger partial charge in [-0.25, -0.2) is 9.98 Å². The smallest absolute Gasteiger partial charge is 0.216 e. The van der Waals surface area contributed by atoms with Gasteiger partial charge in [-0.3, -0.25) is 19.2 Å². The van der Waals surface area contributed by atoms with Crippen LogP contribution in [0.15, 0.2) is 89.8 Å². The molecule has 0 radical (unpaired) electrons. The maximum atomic E-state index is 13.3. The minimum Gasteiger partial charge on any atom is -0.287 e. The molecular formula is C42H30N2O4S3. The van der Waals surface area contributed by atoms with Crippen LogP contribution in [0.3, 0.4) is 0 Å². The molecule has 2 fully saturated rings. The normalized spacial score (nSPS) is 18.0. The first-order chi connectivity index (χ1) is 24.9. The summed E-state index contributed by atoms with van der Waals surface area (Å²) in [5, 5.41) is 3.23. The largest absolute Gasteiger partial charge is 0.287 e. The summed E-state index contributed by atoms with van der Waals surface area (Å²) in [5.41, 5.74) is 4.34. The van der Waals surface area contributed by atoms with Crippen LogP contribution >= 0.6 is 34.0 Å². The van der Waals surface area contributed by atoms with Gasteiger partial charge in [-0.15, -0.1) is 34.0 Å². The van der Waals surface area contributed by atoms with Crippen LogP contribution in [0.25, 0.3) is 41.1 Å².